The van der Waals surface area contributed by atoms with E-state index in [2.05, 4.69) is 25.8 Å². The Hall–Kier alpha value is -0.410. The number of ether oxygens (including phenoxy) is 2. The lowest BCUT2D eigenvalue weighted by atomic mass is 9.93. The molecule has 15 heavy (non-hydrogen) atoms. The van der Waals surface area contributed by atoms with Gasteiger partial charge in [0.2, 0.25) is 0 Å². The Morgan fingerprint density at radius 3 is 2.67 bits per heavy atom. The van der Waals surface area contributed by atoms with Gasteiger partial charge in [0.25, 0.3) is 0 Å². The van der Waals surface area contributed by atoms with Gasteiger partial charge < -0.3 is 9.47 Å². The van der Waals surface area contributed by atoms with Crippen LogP contribution in [0, 0.1) is 5.92 Å². The van der Waals surface area contributed by atoms with Crippen LogP contribution in [-0.4, -0.2) is 31.8 Å². The van der Waals surface area contributed by atoms with E-state index in [9.17, 15) is 0 Å². The molecule has 88 valence electrons. The SMILES string of the molecule is CN=CC(C)(OC1CCCCO1)C(C)C. The zero-order valence-corrected chi connectivity index (χ0v) is 10.3. The van der Waals surface area contributed by atoms with Crippen molar-refractivity contribution in [2.45, 2.75) is 51.9 Å². The number of hydrogen-bond acceptors (Lipinski definition) is 3. The molecular formula is C12H23NO2. The number of aliphatic imine (C=N–C) groups is 1. The molecule has 0 N–H and O–H groups in total. The van der Waals surface area contributed by atoms with Crippen LogP contribution >= 0.6 is 0 Å². The summed E-state index contributed by atoms with van der Waals surface area (Å²) < 4.78 is 11.6. The molecular weight excluding hydrogens is 190 g/mol. The summed E-state index contributed by atoms with van der Waals surface area (Å²) >= 11 is 0. The van der Waals surface area contributed by atoms with E-state index in [0.29, 0.717) is 5.92 Å². The van der Waals surface area contributed by atoms with Crippen LogP contribution in [0.3, 0.4) is 0 Å². The Labute approximate surface area is 92.9 Å². The highest BCUT2D eigenvalue weighted by atomic mass is 16.7. The fourth-order valence-corrected chi connectivity index (χ4v) is 1.66. The standard InChI is InChI=1S/C12H23NO2/c1-10(2)12(3,9-13-4)15-11-7-5-6-8-14-11/h9-11H,5-8H2,1-4H3. The highest BCUT2D eigenvalue weighted by Crippen LogP contribution is 2.25. The van der Waals surface area contributed by atoms with E-state index in [0.717, 1.165) is 19.4 Å². The van der Waals surface area contributed by atoms with Crippen molar-refractivity contribution in [3.8, 4) is 0 Å². The van der Waals surface area contributed by atoms with Gasteiger partial charge in [-0.05, 0) is 32.1 Å². The first-order valence-electron chi connectivity index (χ1n) is 5.81. The second-order valence-electron chi connectivity index (χ2n) is 4.64. The van der Waals surface area contributed by atoms with Gasteiger partial charge in [-0.1, -0.05) is 13.8 Å². The molecule has 1 fully saturated rings. The van der Waals surface area contributed by atoms with Crippen LogP contribution in [0.25, 0.3) is 0 Å². The minimum absolute atomic E-state index is 0.0517. The molecule has 0 aromatic carbocycles. The Bertz CT molecular complexity index is 210. The van der Waals surface area contributed by atoms with Crippen LogP contribution in [-0.2, 0) is 9.47 Å². The molecule has 0 amide bonds. The van der Waals surface area contributed by atoms with Crippen LogP contribution in [0.2, 0.25) is 0 Å². The highest BCUT2D eigenvalue weighted by molar-refractivity contribution is 5.68. The highest BCUT2D eigenvalue weighted by Gasteiger charge is 2.31. The maximum Gasteiger partial charge on any atom is 0.158 e. The first-order valence-corrected chi connectivity index (χ1v) is 5.81. The summed E-state index contributed by atoms with van der Waals surface area (Å²) in [7, 11) is 1.78. The van der Waals surface area contributed by atoms with Crippen LogP contribution in [0.4, 0.5) is 0 Å². The topological polar surface area (TPSA) is 30.8 Å². The van der Waals surface area contributed by atoms with E-state index in [1.54, 1.807) is 7.05 Å². The summed E-state index contributed by atoms with van der Waals surface area (Å²) in [6, 6.07) is 0. The van der Waals surface area contributed by atoms with Gasteiger partial charge >= 0.3 is 0 Å². The summed E-state index contributed by atoms with van der Waals surface area (Å²) in [5, 5.41) is 0. The first-order chi connectivity index (χ1) is 7.08. The Balaban J connectivity index is 2.57. The average molecular weight is 213 g/mol. The van der Waals surface area contributed by atoms with Crippen molar-refractivity contribution in [2.75, 3.05) is 13.7 Å². The lowest BCUT2D eigenvalue weighted by Gasteiger charge is -2.35. The Morgan fingerprint density at radius 2 is 2.20 bits per heavy atom. The molecule has 0 saturated carbocycles. The van der Waals surface area contributed by atoms with E-state index in [1.165, 1.54) is 6.42 Å². The van der Waals surface area contributed by atoms with Crippen LogP contribution < -0.4 is 0 Å². The zero-order valence-electron chi connectivity index (χ0n) is 10.3. The van der Waals surface area contributed by atoms with Crippen LogP contribution in [0.1, 0.15) is 40.0 Å². The molecule has 1 aliphatic heterocycles. The molecule has 0 bridgehead atoms. The molecule has 0 aromatic rings. The molecule has 1 saturated heterocycles. The molecule has 0 aliphatic carbocycles. The fraction of sp³-hybridized carbons (Fsp3) is 0.917. The molecule has 1 aliphatic rings. The second kappa shape index (κ2) is 5.61. The van der Waals surface area contributed by atoms with Crippen molar-refractivity contribution >= 4 is 6.21 Å². The third-order valence-corrected chi connectivity index (χ3v) is 3.06. The molecule has 0 aromatic heterocycles. The fourth-order valence-electron chi connectivity index (χ4n) is 1.66. The van der Waals surface area contributed by atoms with Crippen LogP contribution in [0.15, 0.2) is 4.99 Å². The molecule has 1 heterocycles. The van der Waals surface area contributed by atoms with E-state index in [4.69, 9.17) is 9.47 Å². The largest absolute Gasteiger partial charge is 0.353 e. The van der Waals surface area contributed by atoms with Gasteiger partial charge in [0.15, 0.2) is 6.29 Å². The lowest BCUT2D eigenvalue weighted by molar-refractivity contribution is -0.208. The molecule has 1 rings (SSSR count). The van der Waals surface area contributed by atoms with E-state index in [1.807, 2.05) is 6.21 Å². The van der Waals surface area contributed by atoms with Gasteiger partial charge in [-0.15, -0.1) is 0 Å². The van der Waals surface area contributed by atoms with Crippen molar-refractivity contribution in [1.82, 2.24) is 0 Å². The molecule has 3 nitrogen and oxygen atoms in total. The third kappa shape index (κ3) is 3.58. The molecule has 0 radical (unpaired) electrons. The van der Waals surface area contributed by atoms with E-state index in [-0.39, 0.29) is 11.9 Å². The minimum atomic E-state index is -0.309. The zero-order chi connectivity index (χ0) is 11.3. The normalized spacial score (nSPS) is 27.1. The second-order valence-corrected chi connectivity index (χ2v) is 4.64. The number of nitrogens with zero attached hydrogens (tertiary/aromatic N) is 1. The van der Waals surface area contributed by atoms with Crippen molar-refractivity contribution in [3.63, 3.8) is 0 Å². The van der Waals surface area contributed by atoms with Crippen molar-refractivity contribution in [2.24, 2.45) is 10.9 Å². The quantitative estimate of drug-likeness (QED) is 0.672. The van der Waals surface area contributed by atoms with Gasteiger partial charge in [-0.3, -0.25) is 4.99 Å². The van der Waals surface area contributed by atoms with Crippen LogP contribution in [0.5, 0.6) is 0 Å². The lowest BCUT2D eigenvalue weighted by Crippen LogP contribution is -2.42. The molecule has 0 spiro atoms. The van der Waals surface area contributed by atoms with E-state index >= 15 is 0 Å². The van der Waals surface area contributed by atoms with Gasteiger partial charge in [-0.25, -0.2) is 0 Å². The van der Waals surface area contributed by atoms with E-state index < -0.39 is 0 Å². The first kappa shape index (κ1) is 12.7. The number of hydrogen-bond donors (Lipinski definition) is 0. The van der Waals surface area contributed by atoms with Gasteiger partial charge in [0.1, 0.15) is 5.60 Å². The molecule has 2 unspecified atom stereocenters. The Kier molecular flexibility index (Phi) is 4.74. The summed E-state index contributed by atoms with van der Waals surface area (Å²) in [5.41, 5.74) is -0.309. The molecule has 3 heteroatoms. The summed E-state index contributed by atoms with van der Waals surface area (Å²) in [6.45, 7) is 7.18. The summed E-state index contributed by atoms with van der Waals surface area (Å²) in [6.07, 6.45) is 5.18. The predicted octanol–water partition coefficient (Wildman–Crippen LogP) is 2.64. The van der Waals surface area contributed by atoms with Crippen molar-refractivity contribution < 1.29 is 9.47 Å². The van der Waals surface area contributed by atoms with Gasteiger partial charge in [0, 0.05) is 19.9 Å². The third-order valence-electron chi connectivity index (χ3n) is 3.06. The number of rotatable bonds is 4. The monoisotopic (exact) mass is 213 g/mol. The summed E-state index contributed by atoms with van der Waals surface area (Å²) in [5.74, 6) is 0.395. The smallest absolute Gasteiger partial charge is 0.158 e. The van der Waals surface area contributed by atoms with Crippen molar-refractivity contribution in [1.29, 1.82) is 0 Å². The maximum absolute atomic E-state index is 6.01. The summed E-state index contributed by atoms with van der Waals surface area (Å²) in [4.78, 5) is 4.09. The minimum Gasteiger partial charge on any atom is -0.353 e. The predicted molar refractivity (Wildman–Crippen MR) is 62.3 cm³/mol. The van der Waals surface area contributed by atoms with Crippen molar-refractivity contribution in [3.05, 3.63) is 0 Å². The Morgan fingerprint density at radius 1 is 1.47 bits per heavy atom. The molecule has 2 atom stereocenters. The van der Waals surface area contributed by atoms with Gasteiger partial charge in [0.05, 0.1) is 0 Å². The van der Waals surface area contributed by atoms with Gasteiger partial charge in [-0.2, -0.15) is 0 Å². The average Bonchev–Trinajstić information content (AvgIpc) is 2.19. The maximum atomic E-state index is 6.01.